The zero-order chi connectivity index (χ0) is 22.8. The van der Waals surface area contributed by atoms with E-state index in [9.17, 15) is 14.9 Å². The molecule has 0 aliphatic heterocycles. The number of benzene rings is 2. The molecule has 32 heavy (non-hydrogen) atoms. The summed E-state index contributed by atoms with van der Waals surface area (Å²) >= 11 is 0. The molecule has 1 aromatic heterocycles. The van der Waals surface area contributed by atoms with Crippen LogP contribution in [0.5, 0.6) is 0 Å². The van der Waals surface area contributed by atoms with E-state index in [1.54, 1.807) is 19.4 Å². The maximum atomic E-state index is 12.6. The molecule has 0 saturated carbocycles. The number of rotatable bonds is 10. The zero-order valence-corrected chi connectivity index (χ0v) is 18.0. The zero-order valence-electron chi connectivity index (χ0n) is 18.0. The molecule has 0 atom stereocenters. The monoisotopic (exact) mass is 430 g/mol. The van der Waals surface area contributed by atoms with Crippen molar-refractivity contribution < 1.29 is 14.3 Å². The van der Waals surface area contributed by atoms with E-state index in [0.717, 1.165) is 22.9 Å². The van der Waals surface area contributed by atoms with Crippen LogP contribution in [0.2, 0.25) is 0 Å². The number of nitriles is 1. The Bertz CT molecular complexity index is 1140. The molecule has 0 aliphatic carbocycles. The van der Waals surface area contributed by atoms with E-state index in [0.29, 0.717) is 25.3 Å². The number of para-hydroxylation sites is 1. The van der Waals surface area contributed by atoms with Crippen molar-refractivity contribution in [3.05, 3.63) is 77.5 Å². The third-order valence-corrected chi connectivity index (χ3v) is 4.94. The minimum atomic E-state index is -0.441. The Morgan fingerprint density at radius 2 is 1.84 bits per heavy atom. The van der Waals surface area contributed by atoms with Crippen molar-refractivity contribution in [1.29, 1.82) is 5.26 Å². The average molecular weight is 431 g/mol. The maximum Gasteiger partial charge on any atom is 0.262 e. The lowest BCUT2D eigenvalue weighted by atomic mass is 10.1. The van der Waals surface area contributed by atoms with Crippen molar-refractivity contribution in [3.63, 3.8) is 0 Å². The molecule has 3 aromatic rings. The van der Waals surface area contributed by atoms with Crippen LogP contribution in [-0.4, -0.2) is 36.6 Å². The van der Waals surface area contributed by atoms with Gasteiger partial charge in [0.25, 0.3) is 5.91 Å². The van der Waals surface area contributed by atoms with Gasteiger partial charge in [-0.1, -0.05) is 48.5 Å². The van der Waals surface area contributed by atoms with Crippen molar-refractivity contribution in [2.75, 3.05) is 20.3 Å². The fourth-order valence-corrected chi connectivity index (χ4v) is 3.35. The van der Waals surface area contributed by atoms with Crippen molar-refractivity contribution in [2.24, 2.45) is 0 Å². The average Bonchev–Trinajstić information content (AvgIpc) is 3.16. The molecule has 7 heteroatoms. The number of aromatic nitrogens is 1. The number of fused-ring (bicyclic) bond motifs is 1. The number of methoxy groups -OCH3 is 1. The van der Waals surface area contributed by atoms with Gasteiger partial charge >= 0.3 is 0 Å². The Kier molecular flexibility index (Phi) is 8.18. The predicted molar refractivity (Wildman–Crippen MR) is 123 cm³/mol. The summed E-state index contributed by atoms with van der Waals surface area (Å²) in [6, 6.07) is 19.1. The molecule has 1 heterocycles. The number of hydrogen-bond acceptors (Lipinski definition) is 4. The summed E-state index contributed by atoms with van der Waals surface area (Å²) < 4.78 is 6.81. The first kappa shape index (κ1) is 22.8. The largest absolute Gasteiger partial charge is 0.385 e. The molecule has 0 saturated heterocycles. The lowest BCUT2D eigenvalue weighted by Gasteiger charge is -2.07. The molecule has 7 nitrogen and oxygen atoms in total. The number of ether oxygens (including phenoxy) is 1. The van der Waals surface area contributed by atoms with Gasteiger partial charge in [0.1, 0.15) is 18.2 Å². The highest BCUT2D eigenvalue weighted by molar-refractivity contribution is 6.04. The van der Waals surface area contributed by atoms with Crippen LogP contribution in [0.1, 0.15) is 17.5 Å². The second-order valence-corrected chi connectivity index (χ2v) is 7.26. The Morgan fingerprint density at radius 3 is 2.59 bits per heavy atom. The number of carbonyl (C=O) groups is 2. The van der Waals surface area contributed by atoms with Crippen LogP contribution in [0.3, 0.4) is 0 Å². The van der Waals surface area contributed by atoms with Gasteiger partial charge < -0.3 is 19.9 Å². The quantitative estimate of drug-likeness (QED) is 0.294. The van der Waals surface area contributed by atoms with E-state index < -0.39 is 5.91 Å². The summed E-state index contributed by atoms with van der Waals surface area (Å²) in [5, 5.41) is 16.1. The SMILES string of the molecule is COCCCNC(=O)Cn1cc(/C=C(\C#N)C(=O)NCc2ccccc2)c2ccccc21. The number of amides is 2. The third kappa shape index (κ3) is 6.06. The smallest absolute Gasteiger partial charge is 0.262 e. The molecule has 0 bridgehead atoms. The predicted octanol–water partition coefficient (Wildman–Crippen LogP) is 3.02. The van der Waals surface area contributed by atoms with Crippen LogP contribution in [0.25, 0.3) is 17.0 Å². The van der Waals surface area contributed by atoms with Gasteiger partial charge in [0, 0.05) is 49.5 Å². The van der Waals surface area contributed by atoms with E-state index in [1.165, 1.54) is 0 Å². The lowest BCUT2D eigenvalue weighted by molar-refractivity contribution is -0.121. The third-order valence-electron chi connectivity index (χ3n) is 4.94. The highest BCUT2D eigenvalue weighted by atomic mass is 16.5. The Hall–Kier alpha value is -3.89. The van der Waals surface area contributed by atoms with Crippen LogP contribution in [0.4, 0.5) is 0 Å². The molecule has 0 unspecified atom stereocenters. The van der Waals surface area contributed by atoms with Crippen molar-refractivity contribution in [1.82, 2.24) is 15.2 Å². The standard InChI is InChI=1S/C25H26N4O3/c1-32-13-7-12-27-24(30)18-29-17-21(22-10-5-6-11-23(22)29)14-20(15-26)25(31)28-16-19-8-3-2-4-9-19/h2-6,8-11,14,17H,7,12-13,16,18H2,1H3,(H,27,30)(H,28,31)/b20-14+. The summed E-state index contributed by atoms with van der Waals surface area (Å²) in [4.78, 5) is 24.9. The Balaban J connectivity index is 1.76. The summed E-state index contributed by atoms with van der Waals surface area (Å²) in [5.74, 6) is -0.553. The number of nitrogens with zero attached hydrogens (tertiary/aromatic N) is 2. The van der Waals surface area contributed by atoms with E-state index in [4.69, 9.17) is 4.74 Å². The highest BCUT2D eigenvalue weighted by Crippen LogP contribution is 2.23. The first-order valence-electron chi connectivity index (χ1n) is 10.4. The molecule has 3 rings (SSSR count). The molecule has 0 spiro atoms. The van der Waals surface area contributed by atoms with Gasteiger partial charge in [-0.05, 0) is 24.1 Å². The molecule has 0 aliphatic rings. The number of carbonyl (C=O) groups excluding carboxylic acids is 2. The fraction of sp³-hybridized carbons (Fsp3) is 0.240. The van der Waals surface area contributed by atoms with Crippen molar-refractivity contribution in [2.45, 2.75) is 19.5 Å². The molecule has 2 aromatic carbocycles. The van der Waals surface area contributed by atoms with Crippen LogP contribution in [0, 0.1) is 11.3 Å². The van der Waals surface area contributed by atoms with Gasteiger partial charge in [0.15, 0.2) is 0 Å². The van der Waals surface area contributed by atoms with Gasteiger partial charge in [0.05, 0.1) is 0 Å². The molecular formula is C25H26N4O3. The first-order valence-corrected chi connectivity index (χ1v) is 10.4. The summed E-state index contributed by atoms with van der Waals surface area (Å²) in [7, 11) is 1.63. The van der Waals surface area contributed by atoms with E-state index in [2.05, 4.69) is 10.6 Å². The highest BCUT2D eigenvalue weighted by Gasteiger charge is 2.13. The Morgan fingerprint density at radius 1 is 1.09 bits per heavy atom. The molecule has 164 valence electrons. The van der Waals surface area contributed by atoms with E-state index in [-0.39, 0.29) is 18.0 Å². The summed E-state index contributed by atoms with van der Waals surface area (Å²) in [6.45, 7) is 1.61. The number of nitrogens with one attached hydrogen (secondary N) is 2. The van der Waals surface area contributed by atoms with Crippen LogP contribution < -0.4 is 10.6 Å². The minimum Gasteiger partial charge on any atom is -0.385 e. The van der Waals surface area contributed by atoms with Gasteiger partial charge in [-0.2, -0.15) is 5.26 Å². The molecular weight excluding hydrogens is 404 g/mol. The summed E-state index contributed by atoms with van der Waals surface area (Å²) in [6.07, 6.45) is 4.10. The first-order chi connectivity index (χ1) is 15.6. The van der Waals surface area contributed by atoms with Crippen LogP contribution >= 0.6 is 0 Å². The maximum absolute atomic E-state index is 12.6. The Labute approximate surface area is 187 Å². The molecule has 2 amide bonds. The second-order valence-electron chi connectivity index (χ2n) is 7.26. The second kappa shape index (κ2) is 11.5. The lowest BCUT2D eigenvalue weighted by Crippen LogP contribution is -2.28. The minimum absolute atomic E-state index is 0.00727. The van der Waals surface area contributed by atoms with Gasteiger partial charge in [0.2, 0.25) is 5.91 Å². The molecule has 2 N–H and O–H groups in total. The van der Waals surface area contributed by atoms with Crippen LogP contribution in [0.15, 0.2) is 66.4 Å². The normalized spacial score (nSPS) is 11.2. The summed E-state index contributed by atoms with van der Waals surface area (Å²) in [5.41, 5.74) is 2.52. The van der Waals surface area contributed by atoms with Gasteiger partial charge in [-0.25, -0.2) is 0 Å². The van der Waals surface area contributed by atoms with Crippen LogP contribution in [-0.2, 0) is 27.4 Å². The molecule has 0 radical (unpaired) electrons. The van der Waals surface area contributed by atoms with Gasteiger partial charge in [-0.3, -0.25) is 9.59 Å². The topological polar surface area (TPSA) is 96.2 Å². The van der Waals surface area contributed by atoms with Crippen molar-refractivity contribution >= 4 is 28.8 Å². The van der Waals surface area contributed by atoms with Gasteiger partial charge in [-0.15, -0.1) is 0 Å². The van der Waals surface area contributed by atoms with E-state index >= 15 is 0 Å². The van der Waals surface area contributed by atoms with Crippen molar-refractivity contribution in [3.8, 4) is 6.07 Å². The fourth-order valence-electron chi connectivity index (χ4n) is 3.35. The van der Waals surface area contributed by atoms with E-state index in [1.807, 2.05) is 65.2 Å². The molecule has 0 fully saturated rings. The number of hydrogen-bond donors (Lipinski definition) is 2.